The lowest BCUT2D eigenvalue weighted by atomic mass is 9.83. The van der Waals surface area contributed by atoms with Crippen LogP contribution in [0.15, 0.2) is 55.0 Å². The summed E-state index contributed by atoms with van der Waals surface area (Å²) in [5, 5.41) is 17.1. The van der Waals surface area contributed by atoms with Gasteiger partial charge in [-0.1, -0.05) is 18.2 Å². The van der Waals surface area contributed by atoms with E-state index in [9.17, 15) is 9.18 Å². The quantitative estimate of drug-likeness (QED) is 0.269. The number of anilines is 2. The molecule has 0 radical (unpaired) electrons. The Balaban J connectivity index is 1.28. The van der Waals surface area contributed by atoms with Crippen LogP contribution < -0.4 is 10.6 Å². The van der Waals surface area contributed by atoms with Gasteiger partial charge in [0.25, 0.3) is 5.91 Å². The van der Waals surface area contributed by atoms with Crippen LogP contribution in [0.25, 0.3) is 16.2 Å². The third-order valence-corrected chi connectivity index (χ3v) is 6.96. The molecule has 3 N–H and O–H groups in total. The second-order valence-corrected chi connectivity index (χ2v) is 9.62. The second-order valence-electron chi connectivity index (χ2n) is 9.62. The van der Waals surface area contributed by atoms with Crippen molar-refractivity contribution in [1.82, 2.24) is 35.3 Å². The van der Waals surface area contributed by atoms with Crippen molar-refractivity contribution < 1.29 is 13.9 Å². The molecule has 1 aliphatic carbocycles. The maximum atomic E-state index is 13.4. The predicted octanol–water partition coefficient (Wildman–Crippen LogP) is 4.96. The molecule has 1 aliphatic rings. The van der Waals surface area contributed by atoms with Gasteiger partial charge in [-0.2, -0.15) is 10.2 Å². The number of amides is 1. The molecule has 4 aromatic heterocycles. The van der Waals surface area contributed by atoms with Crippen molar-refractivity contribution >= 4 is 28.8 Å². The van der Waals surface area contributed by atoms with E-state index in [-0.39, 0.29) is 11.9 Å². The highest BCUT2D eigenvalue weighted by atomic mass is 19.1. The summed E-state index contributed by atoms with van der Waals surface area (Å²) >= 11 is 0. The van der Waals surface area contributed by atoms with Crippen molar-refractivity contribution in [1.29, 1.82) is 0 Å². The Kier molecular flexibility index (Phi) is 7.39. The summed E-state index contributed by atoms with van der Waals surface area (Å²) in [6, 6.07) is 8.58. The Morgan fingerprint density at radius 2 is 2.15 bits per heavy atom. The lowest BCUT2D eigenvalue weighted by Gasteiger charge is -2.34. The first-order valence-electron chi connectivity index (χ1n) is 12.7. The topological polar surface area (TPSA) is 127 Å². The summed E-state index contributed by atoms with van der Waals surface area (Å²) in [5.41, 5.74) is 2.74. The number of ether oxygens (including phenoxy) is 1. The van der Waals surface area contributed by atoms with E-state index in [4.69, 9.17) is 11.3 Å². The Bertz CT molecular complexity index is 1600. The van der Waals surface area contributed by atoms with Crippen molar-refractivity contribution in [3.63, 3.8) is 0 Å². The smallest absolute Gasteiger partial charge is 0.253 e. The molecule has 40 heavy (non-hydrogen) atoms. The maximum Gasteiger partial charge on any atom is 0.253 e. The molecule has 0 spiro atoms. The molecule has 0 aliphatic heterocycles. The normalized spacial score (nSPS) is 17.5. The first-order valence-corrected chi connectivity index (χ1v) is 12.7. The fraction of sp³-hybridized carbons (Fsp3) is 0.286. The number of aromatic nitrogens is 6. The number of nitrogens with one attached hydrogen (secondary N) is 3. The van der Waals surface area contributed by atoms with Gasteiger partial charge in [-0.25, -0.2) is 23.9 Å². The molecule has 1 amide bonds. The second kappa shape index (κ2) is 11.1. The summed E-state index contributed by atoms with van der Waals surface area (Å²) in [6.45, 7) is 11.2. The van der Waals surface area contributed by atoms with Crippen molar-refractivity contribution in [3.8, 4) is 5.82 Å². The molecule has 1 unspecified atom stereocenters. The number of carbonyl (C=O) groups is 1. The van der Waals surface area contributed by atoms with Gasteiger partial charge in [-0.05, 0) is 50.0 Å². The van der Waals surface area contributed by atoms with Crippen LogP contribution in [-0.2, 0) is 9.53 Å². The number of hydrogen-bond donors (Lipinski definition) is 3. The van der Waals surface area contributed by atoms with Gasteiger partial charge in [0.15, 0.2) is 17.5 Å². The minimum absolute atomic E-state index is 0.219. The minimum atomic E-state index is -1.03. The molecular weight excluding hydrogens is 513 g/mol. The number of carbonyl (C=O) groups excluding carboxylic acids is 1. The zero-order chi connectivity index (χ0) is 28.3. The largest absolute Gasteiger partial charge is 0.368 e. The van der Waals surface area contributed by atoms with E-state index >= 15 is 0 Å². The summed E-state index contributed by atoms with van der Waals surface area (Å²) in [7, 11) is 1.54. The van der Waals surface area contributed by atoms with Gasteiger partial charge in [0, 0.05) is 31.5 Å². The van der Waals surface area contributed by atoms with Crippen LogP contribution >= 0.6 is 0 Å². The summed E-state index contributed by atoms with van der Waals surface area (Å²) in [4.78, 5) is 26.0. The standard InChI is InChI=1S/C28H28FN9O2/c1-17-13-24(37-36-17)35-26-23(30-3)7-6-22(34-26)19-9-11-28(40-4,12-10-19)27(39)33-18(2)20-5-8-25(31-14-20)38-16-21(29)15-32-38/h5-9,13-16,18H,10-12H2,1-2,4H3,(H,33,39)(H2,34,35,36,37)/t18-,28?/m0/s1. The van der Waals surface area contributed by atoms with E-state index in [0.717, 1.165) is 28.7 Å². The summed E-state index contributed by atoms with van der Waals surface area (Å²) in [6.07, 6.45) is 7.36. The number of aryl methyl sites for hydroxylation is 1. The molecule has 4 heterocycles. The van der Waals surface area contributed by atoms with E-state index in [1.807, 2.05) is 38.1 Å². The highest BCUT2D eigenvalue weighted by Gasteiger charge is 2.40. The number of pyridine rings is 2. The average molecular weight is 542 g/mol. The van der Waals surface area contributed by atoms with Crippen LogP contribution in [0.3, 0.4) is 0 Å². The molecular formula is C28H28FN9O2. The molecule has 2 atom stereocenters. The number of H-pyrrole nitrogens is 1. The number of aromatic amines is 1. The first kappa shape index (κ1) is 26.7. The van der Waals surface area contributed by atoms with Crippen molar-refractivity contribution in [3.05, 3.63) is 89.2 Å². The highest BCUT2D eigenvalue weighted by molar-refractivity contribution is 5.87. The van der Waals surface area contributed by atoms with Gasteiger partial charge in [-0.3, -0.25) is 9.89 Å². The third kappa shape index (κ3) is 5.45. The number of nitrogens with zero attached hydrogens (tertiary/aromatic N) is 6. The Labute approximate surface area is 230 Å². The van der Waals surface area contributed by atoms with Crippen LogP contribution in [0.5, 0.6) is 0 Å². The molecule has 0 bridgehead atoms. The Hall–Kier alpha value is -4.89. The summed E-state index contributed by atoms with van der Waals surface area (Å²) in [5.74, 6) is 0.809. The van der Waals surface area contributed by atoms with Gasteiger partial charge in [0.2, 0.25) is 5.69 Å². The van der Waals surface area contributed by atoms with Gasteiger partial charge < -0.3 is 15.4 Å². The van der Waals surface area contributed by atoms with E-state index in [1.54, 1.807) is 25.4 Å². The molecule has 204 valence electrons. The molecule has 0 fully saturated rings. The highest BCUT2D eigenvalue weighted by Crippen LogP contribution is 2.37. The third-order valence-electron chi connectivity index (χ3n) is 6.96. The van der Waals surface area contributed by atoms with E-state index in [1.165, 1.54) is 10.9 Å². The van der Waals surface area contributed by atoms with Gasteiger partial charge in [0.1, 0.15) is 11.4 Å². The lowest BCUT2D eigenvalue weighted by molar-refractivity contribution is -0.145. The SMILES string of the molecule is [C-]#[N+]c1ccc(C2=CCC(OC)(C(=O)N[C@@H](C)c3ccc(-n4cc(F)cn4)nc3)CC2)nc1Nc1cc(C)[nH]n1. The molecule has 0 aromatic carbocycles. The first-order chi connectivity index (χ1) is 19.3. The minimum Gasteiger partial charge on any atom is -0.368 e. The van der Waals surface area contributed by atoms with E-state index < -0.39 is 11.4 Å². The van der Waals surface area contributed by atoms with E-state index in [2.05, 4.69) is 40.7 Å². The monoisotopic (exact) mass is 541 g/mol. The number of halogens is 1. The van der Waals surface area contributed by atoms with Crippen LogP contribution in [-0.4, -0.2) is 48.6 Å². The summed E-state index contributed by atoms with van der Waals surface area (Å²) < 4.78 is 20.4. The number of hydrogen-bond acceptors (Lipinski definition) is 7. The molecule has 12 heteroatoms. The number of methoxy groups -OCH3 is 1. The predicted molar refractivity (Wildman–Crippen MR) is 147 cm³/mol. The van der Waals surface area contributed by atoms with Crippen LogP contribution in [0, 0.1) is 19.3 Å². The molecule has 11 nitrogen and oxygen atoms in total. The Morgan fingerprint density at radius 3 is 2.75 bits per heavy atom. The molecule has 0 saturated heterocycles. The van der Waals surface area contributed by atoms with E-state index in [0.29, 0.717) is 42.4 Å². The van der Waals surface area contributed by atoms with Gasteiger partial charge in [0.05, 0.1) is 30.7 Å². The van der Waals surface area contributed by atoms with Gasteiger partial charge in [-0.15, -0.1) is 0 Å². The zero-order valence-corrected chi connectivity index (χ0v) is 22.3. The van der Waals surface area contributed by atoms with Crippen LogP contribution in [0.2, 0.25) is 0 Å². The molecule has 5 rings (SSSR count). The number of allylic oxidation sites excluding steroid dienone is 1. The average Bonchev–Trinajstić information content (AvgIpc) is 3.60. The van der Waals surface area contributed by atoms with Crippen molar-refractivity contribution in [2.45, 2.75) is 44.8 Å². The number of rotatable bonds is 8. The maximum absolute atomic E-state index is 13.4. The lowest BCUT2D eigenvalue weighted by Crippen LogP contribution is -2.49. The fourth-order valence-corrected chi connectivity index (χ4v) is 4.59. The van der Waals surface area contributed by atoms with Crippen LogP contribution in [0.4, 0.5) is 21.7 Å². The zero-order valence-electron chi connectivity index (χ0n) is 22.3. The van der Waals surface area contributed by atoms with Crippen LogP contribution in [0.1, 0.15) is 49.2 Å². The molecule has 0 saturated carbocycles. The van der Waals surface area contributed by atoms with Crippen molar-refractivity contribution in [2.24, 2.45) is 0 Å². The van der Waals surface area contributed by atoms with Gasteiger partial charge >= 0.3 is 0 Å². The fourth-order valence-electron chi connectivity index (χ4n) is 4.59. The molecule has 4 aromatic rings. The van der Waals surface area contributed by atoms with Crippen molar-refractivity contribution in [2.75, 3.05) is 12.4 Å². The Morgan fingerprint density at radius 1 is 1.30 bits per heavy atom.